The lowest BCUT2D eigenvalue weighted by atomic mass is 10.3. The Morgan fingerprint density at radius 3 is 2.65 bits per heavy atom. The molecule has 0 spiro atoms. The highest BCUT2D eigenvalue weighted by molar-refractivity contribution is 9.10. The van der Waals surface area contributed by atoms with Crippen LogP contribution in [-0.4, -0.2) is 46.8 Å². The number of ether oxygens (including phenoxy) is 1. The van der Waals surface area contributed by atoms with Crippen LogP contribution in [0.3, 0.4) is 0 Å². The van der Waals surface area contributed by atoms with Gasteiger partial charge in [-0.1, -0.05) is 15.9 Å². The van der Waals surface area contributed by atoms with Gasteiger partial charge in [0.05, 0.1) is 27.3 Å². The molecule has 0 bridgehead atoms. The minimum absolute atomic E-state index is 0.352. The molecule has 1 heterocycles. The highest BCUT2D eigenvalue weighted by atomic mass is 79.9. The van der Waals surface area contributed by atoms with E-state index >= 15 is 0 Å². The van der Waals surface area contributed by atoms with Crippen LogP contribution in [0.5, 0.6) is 0 Å². The second-order valence-corrected chi connectivity index (χ2v) is 6.31. The maximum absolute atomic E-state index is 5.11. The first kappa shape index (κ1) is 15.1. The summed E-state index contributed by atoms with van der Waals surface area (Å²) in [5.41, 5.74) is 2.23. The molecule has 0 fully saturated rings. The lowest BCUT2D eigenvalue weighted by Gasteiger charge is -2.20. The number of hydrogen-bond acceptors (Lipinski definition) is 3. The molecule has 4 nitrogen and oxygen atoms in total. The number of rotatable bonds is 6. The first-order chi connectivity index (χ1) is 7.95. The zero-order valence-electron chi connectivity index (χ0n) is 10.7. The molecule has 98 valence electrons. The van der Waals surface area contributed by atoms with Crippen molar-refractivity contribution in [2.45, 2.75) is 18.3 Å². The zero-order valence-corrected chi connectivity index (χ0v) is 13.9. The van der Waals surface area contributed by atoms with Gasteiger partial charge < -0.3 is 4.74 Å². The molecular weight excluding hydrogens is 350 g/mol. The van der Waals surface area contributed by atoms with E-state index in [1.807, 2.05) is 18.7 Å². The van der Waals surface area contributed by atoms with Crippen molar-refractivity contribution in [1.82, 2.24) is 14.7 Å². The van der Waals surface area contributed by atoms with E-state index in [0.717, 1.165) is 29.9 Å². The molecule has 1 rings (SSSR count). The molecule has 6 heteroatoms. The number of hydrogen-bond donors (Lipinski definition) is 0. The molecule has 1 aromatic rings. The van der Waals surface area contributed by atoms with Crippen LogP contribution >= 0.6 is 31.9 Å². The average Bonchev–Trinajstić information content (AvgIpc) is 2.45. The van der Waals surface area contributed by atoms with Gasteiger partial charge >= 0.3 is 0 Å². The summed E-state index contributed by atoms with van der Waals surface area (Å²) in [5.74, 6) is 0. The zero-order chi connectivity index (χ0) is 13.0. The number of alkyl halides is 1. The van der Waals surface area contributed by atoms with Gasteiger partial charge in [-0.25, -0.2) is 0 Å². The quantitative estimate of drug-likeness (QED) is 0.722. The van der Waals surface area contributed by atoms with Gasteiger partial charge in [0.25, 0.3) is 0 Å². The Morgan fingerprint density at radius 2 is 2.18 bits per heavy atom. The third-order valence-electron chi connectivity index (χ3n) is 2.54. The van der Waals surface area contributed by atoms with Gasteiger partial charge in [0.2, 0.25) is 0 Å². The van der Waals surface area contributed by atoms with E-state index in [2.05, 4.69) is 48.9 Å². The topological polar surface area (TPSA) is 30.3 Å². The molecule has 0 saturated heterocycles. The van der Waals surface area contributed by atoms with Crippen molar-refractivity contribution < 1.29 is 4.74 Å². The molecule has 17 heavy (non-hydrogen) atoms. The number of nitrogens with zero attached hydrogens (tertiary/aromatic N) is 3. The number of halogens is 2. The highest BCUT2D eigenvalue weighted by Gasteiger charge is 2.14. The summed E-state index contributed by atoms with van der Waals surface area (Å²) in [7, 11) is 5.79. The molecule has 0 N–H and O–H groups in total. The molecule has 1 aromatic heterocycles. The summed E-state index contributed by atoms with van der Waals surface area (Å²) in [6.07, 6.45) is 0. The van der Waals surface area contributed by atoms with Gasteiger partial charge in [0.1, 0.15) is 0 Å². The molecule has 0 aliphatic rings. The van der Waals surface area contributed by atoms with Gasteiger partial charge in [0.15, 0.2) is 0 Å². The molecule has 0 aliphatic heterocycles. The molecule has 1 atom stereocenters. The minimum Gasteiger partial charge on any atom is -0.383 e. The van der Waals surface area contributed by atoms with Crippen LogP contribution in [0.15, 0.2) is 4.47 Å². The fourth-order valence-electron chi connectivity index (χ4n) is 1.74. The van der Waals surface area contributed by atoms with Crippen LogP contribution in [0.2, 0.25) is 0 Å². The van der Waals surface area contributed by atoms with Gasteiger partial charge in [0, 0.05) is 27.2 Å². The monoisotopic (exact) mass is 367 g/mol. The Hall–Kier alpha value is 0.0900. The van der Waals surface area contributed by atoms with E-state index in [1.54, 1.807) is 7.11 Å². The Labute approximate surface area is 120 Å². The van der Waals surface area contributed by atoms with Crippen molar-refractivity contribution in [3.63, 3.8) is 0 Å². The second-order valence-electron chi connectivity index (χ2n) is 4.22. The fraction of sp³-hybridized carbons (Fsp3) is 0.727. The summed E-state index contributed by atoms with van der Waals surface area (Å²) < 4.78 is 8.13. The molecule has 0 amide bonds. The molecule has 0 saturated carbocycles. The molecule has 0 aliphatic carbocycles. The smallest absolute Gasteiger partial charge is 0.0739 e. The number of aromatic nitrogens is 2. The van der Waals surface area contributed by atoms with Crippen LogP contribution in [-0.2, 0) is 18.3 Å². The molecule has 0 radical (unpaired) electrons. The van der Waals surface area contributed by atoms with Gasteiger partial charge in [-0.3, -0.25) is 9.58 Å². The first-order valence-corrected chi connectivity index (χ1v) is 7.16. The molecule has 0 aromatic carbocycles. The average molecular weight is 369 g/mol. The van der Waals surface area contributed by atoms with E-state index in [1.165, 1.54) is 5.69 Å². The summed E-state index contributed by atoms with van der Waals surface area (Å²) in [6.45, 7) is 4.52. The second kappa shape index (κ2) is 6.87. The van der Waals surface area contributed by atoms with Crippen molar-refractivity contribution in [2.24, 2.45) is 7.05 Å². The first-order valence-electron chi connectivity index (χ1n) is 5.45. The lowest BCUT2D eigenvalue weighted by molar-refractivity contribution is 0.184. The van der Waals surface area contributed by atoms with E-state index in [9.17, 15) is 0 Å². The maximum Gasteiger partial charge on any atom is 0.0739 e. The predicted octanol–water partition coefficient (Wildman–Crippen LogP) is 2.33. The summed E-state index contributed by atoms with van der Waals surface area (Å²) in [5, 5.41) is 4.39. The van der Waals surface area contributed by atoms with E-state index in [4.69, 9.17) is 4.74 Å². The third kappa shape index (κ3) is 4.35. The largest absolute Gasteiger partial charge is 0.383 e. The van der Waals surface area contributed by atoms with Crippen LogP contribution < -0.4 is 0 Å². The van der Waals surface area contributed by atoms with Crippen molar-refractivity contribution in [1.29, 1.82) is 0 Å². The fourth-order valence-corrected chi connectivity index (χ4v) is 2.96. The van der Waals surface area contributed by atoms with Crippen LogP contribution in [0.25, 0.3) is 0 Å². The Morgan fingerprint density at radius 1 is 1.53 bits per heavy atom. The van der Waals surface area contributed by atoms with Crippen molar-refractivity contribution >= 4 is 31.9 Å². The maximum atomic E-state index is 5.11. The minimum atomic E-state index is 0.352. The summed E-state index contributed by atoms with van der Waals surface area (Å²) in [6, 6.07) is 0. The van der Waals surface area contributed by atoms with E-state index in [0.29, 0.717) is 4.83 Å². The van der Waals surface area contributed by atoms with Crippen LogP contribution in [0.4, 0.5) is 0 Å². The van der Waals surface area contributed by atoms with Gasteiger partial charge in [-0.2, -0.15) is 5.10 Å². The normalized spacial score (nSPS) is 13.4. The van der Waals surface area contributed by atoms with Gasteiger partial charge in [-0.05, 0) is 29.9 Å². The van der Waals surface area contributed by atoms with Gasteiger partial charge in [-0.15, -0.1) is 0 Å². The van der Waals surface area contributed by atoms with E-state index in [-0.39, 0.29) is 0 Å². The number of methoxy groups -OCH3 is 1. The van der Waals surface area contributed by atoms with Crippen LogP contribution in [0, 0.1) is 6.92 Å². The lowest BCUT2D eigenvalue weighted by Crippen LogP contribution is -2.28. The highest BCUT2D eigenvalue weighted by Crippen LogP contribution is 2.21. The SMILES string of the molecule is COCC(Br)CN(C)Cc1c(Br)c(C)nn1C. The Kier molecular flexibility index (Phi) is 6.12. The summed E-state index contributed by atoms with van der Waals surface area (Å²) in [4.78, 5) is 2.60. The Balaban J connectivity index is 2.58. The van der Waals surface area contributed by atoms with Crippen molar-refractivity contribution in [3.8, 4) is 0 Å². The number of aryl methyl sites for hydroxylation is 2. The Bertz CT molecular complexity index is 368. The third-order valence-corrected chi connectivity index (χ3v) is 4.12. The van der Waals surface area contributed by atoms with Crippen LogP contribution in [0.1, 0.15) is 11.4 Å². The molecular formula is C11H19Br2N3O. The standard InChI is InChI=1S/C11H19Br2N3O/c1-8-11(13)10(16(3)14-8)6-15(2)5-9(12)7-17-4/h9H,5-7H2,1-4H3. The van der Waals surface area contributed by atoms with Crippen molar-refractivity contribution in [3.05, 3.63) is 15.9 Å². The predicted molar refractivity (Wildman–Crippen MR) is 76.6 cm³/mol. The van der Waals surface area contributed by atoms with Crippen molar-refractivity contribution in [2.75, 3.05) is 27.3 Å². The molecule has 1 unspecified atom stereocenters. The van der Waals surface area contributed by atoms with E-state index < -0.39 is 0 Å². The summed E-state index contributed by atoms with van der Waals surface area (Å²) >= 11 is 7.17.